The van der Waals surface area contributed by atoms with Crippen LogP contribution in [0.15, 0.2) is 29.5 Å². The van der Waals surface area contributed by atoms with Crippen LogP contribution in [-0.2, 0) is 9.47 Å². The fourth-order valence-electron chi connectivity index (χ4n) is 3.42. The smallest absolute Gasteiger partial charge is 0.270 e. The lowest BCUT2D eigenvalue weighted by molar-refractivity contribution is -0.384. The van der Waals surface area contributed by atoms with E-state index in [9.17, 15) is 14.5 Å². The Bertz CT molecular complexity index is 962. The minimum atomic E-state index is -0.523. The number of nitro benzene ring substituents is 1. The van der Waals surface area contributed by atoms with Gasteiger partial charge >= 0.3 is 0 Å². The van der Waals surface area contributed by atoms with Crippen LogP contribution in [0.4, 0.5) is 27.5 Å². The molecule has 164 valence electrons. The number of ether oxygens (including phenoxy) is 2. The SMILES string of the molecule is O=[N+]([O-])c1ccc(N2CCOCC2)c(/C=N\Nc2ncc(F)c(N3CCOCC3)n2)c1. The third-order valence-corrected chi connectivity index (χ3v) is 4.98. The quantitative estimate of drug-likeness (QED) is 0.414. The Morgan fingerprint density at radius 3 is 2.48 bits per heavy atom. The molecule has 0 spiro atoms. The Hall–Kier alpha value is -3.38. The average molecular weight is 431 g/mol. The summed E-state index contributed by atoms with van der Waals surface area (Å²) in [7, 11) is 0. The molecule has 0 bridgehead atoms. The summed E-state index contributed by atoms with van der Waals surface area (Å²) in [5.74, 6) is -0.220. The first-order valence-electron chi connectivity index (χ1n) is 9.87. The molecule has 1 aromatic carbocycles. The van der Waals surface area contributed by atoms with Crippen LogP contribution in [0.2, 0.25) is 0 Å². The van der Waals surface area contributed by atoms with Crippen molar-refractivity contribution in [3.05, 3.63) is 45.9 Å². The summed E-state index contributed by atoms with van der Waals surface area (Å²) in [5, 5.41) is 15.3. The monoisotopic (exact) mass is 431 g/mol. The van der Waals surface area contributed by atoms with Crippen molar-refractivity contribution < 1.29 is 18.8 Å². The van der Waals surface area contributed by atoms with Crippen molar-refractivity contribution in [3.63, 3.8) is 0 Å². The first-order valence-corrected chi connectivity index (χ1v) is 9.87. The van der Waals surface area contributed by atoms with Crippen molar-refractivity contribution in [2.24, 2.45) is 5.10 Å². The molecule has 2 fully saturated rings. The van der Waals surface area contributed by atoms with Crippen molar-refractivity contribution in [2.45, 2.75) is 0 Å². The number of rotatable bonds is 6. The van der Waals surface area contributed by atoms with Crippen molar-refractivity contribution in [2.75, 3.05) is 67.8 Å². The molecule has 0 unspecified atom stereocenters. The highest BCUT2D eigenvalue weighted by molar-refractivity contribution is 5.89. The predicted octanol–water partition coefficient (Wildman–Crippen LogP) is 1.64. The molecule has 1 N–H and O–H groups in total. The lowest BCUT2D eigenvalue weighted by atomic mass is 10.1. The summed E-state index contributed by atoms with van der Waals surface area (Å²) in [6.07, 6.45) is 2.56. The van der Waals surface area contributed by atoms with Crippen LogP contribution in [0, 0.1) is 15.9 Å². The van der Waals surface area contributed by atoms with E-state index in [1.807, 2.05) is 0 Å². The van der Waals surface area contributed by atoms with Crippen LogP contribution < -0.4 is 15.2 Å². The topological polar surface area (TPSA) is 118 Å². The van der Waals surface area contributed by atoms with Gasteiger partial charge < -0.3 is 19.3 Å². The average Bonchev–Trinajstić information content (AvgIpc) is 2.81. The Morgan fingerprint density at radius 2 is 1.81 bits per heavy atom. The Morgan fingerprint density at radius 1 is 1.13 bits per heavy atom. The lowest BCUT2D eigenvalue weighted by Gasteiger charge is -2.29. The molecule has 12 heteroatoms. The maximum absolute atomic E-state index is 14.2. The molecule has 0 amide bonds. The highest BCUT2D eigenvalue weighted by Crippen LogP contribution is 2.25. The standard InChI is InChI=1S/C19H22FN7O4/c20-16-13-21-19(23-18(16)26-5-9-31-10-6-26)24-22-12-14-11-15(27(28)29)1-2-17(14)25-3-7-30-8-4-25/h1-2,11-13H,3-10H2,(H,21,23,24)/b22-12-. The van der Waals surface area contributed by atoms with E-state index in [0.29, 0.717) is 58.2 Å². The number of nitrogens with one attached hydrogen (secondary N) is 1. The molecule has 4 rings (SSSR count). The van der Waals surface area contributed by atoms with E-state index < -0.39 is 10.7 Å². The second kappa shape index (κ2) is 9.62. The maximum atomic E-state index is 14.2. The van der Waals surface area contributed by atoms with E-state index in [-0.39, 0.29) is 17.5 Å². The second-order valence-corrected chi connectivity index (χ2v) is 6.93. The molecule has 2 aliphatic heterocycles. The van der Waals surface area contributed by atoms with Gasteiger partial charge in [-0.3, -0.25) is 10.1 Å². The van der Waals surface area contributed by atoms with E-state index in [2.05, 4.69) is 25.4 Å². The van der Waals surface area contributed by atoms with E-state index >= 15 is 0 Å². The van der Waals surface area contributed by atoms with Crippen molar-refractivity contribution in [1.29, 1.82) is 0 Å². The van der Waals surface area contributed by atoms with Crippen LogP contribution in [-0.4, -0.2) is 73.7 Å². The fraction of sp³-hybridized carbons (Fsp3) is 0.421. The summed E-state index contributed by atoms with van der Waals surface area (Å²) in [4.78, 5) is 22.7. The number of anilines is 3. The van der Waals surface area contributed by atoms with Gasteiger partial charge in [0.05, 0.1) is 43.8 Å². The molecule has 1 aromatic heterocycles. The molecule has 0 aliphatic carbocycles. The number of benzene rings is 1. The normalized spacial score (nSPS) is 17.2. The van der Waals surface area contributed by atoms with Crippen molar-refractivity contribution >= 4 is 29.4 Å². The molecular weight excluding hydrogens is 409 g/mol. The highest BCUT2D eigenvalue weighted by Gasteiger charge is 2.19. The number of nitro groups is 1. The zero-order valence-corrected chi connectivity index (χ0v) is 16.7. The number of aromatic nitrogens is 2. The predicted molar refractivity (Wildman–Crippen MR) is 112 cm³/mol. The van der Waals surface area contributed by atoms with E-state index in [4.69, 9.17) is 9.47 Å². The minimum Gasteiger partial charge on any atom is -0.378 e. The van der Waals surface area contributed by atoms with Crippen LogP contribution in [0.3, 0.4) is 0 Å². The number of non-ortho nitro benzene ring substituents is 1. The summed E-state index contributed by atoms with van der Waals surface area (Å²) in [6.45, 7) is 4.59. The van der Waals surface area contributed by atoms with Crippen molar-refractivity contribution in [1.82, 2.24) is 9.97 Å². The number of hydrogen-bond donors (Lipinski definition) is 1. The second-order valence-electron chi connectivity index (χ2n) is 6.93. The Labute approximate surface area is 177 Å². The summed E-state index contributed by atoms with van der Waals surface area (Å²) in [6, 6.07) is 4.63. The molecular formula is C19H22FN7O4. The molecule has 31 heavy (non-hydrogen) atoms. The molecule has 0 saturated carbocycles. The van der Waals surface area contributed by atoms with Gasteiger partial charge in [-0.25, -0.2) is 14.8 Å². The zero-order chi connectivity index (χ0) is 21.6. The molecule has 0 radical (unpaired) electrons. The highest BCUT2D eigenvalue weighted by atomic mass is 19.1. The van der Waals surface area contributed by atoms with Gasteiger partial charge in [0.2, 0.25) is 5.95 Å². The molecule has 2 aliphatic rings. The third-order valence-electron chi connectivity index (χ3n) is 4.98. The van der Waals surface area contributed by atoms with E-state index in [0.717, 1.165) is 11.9 Å². The first-order chi connectivity index (χ1) is 15.1. The number of nitrogens with zero attached hydrogens (tertiary/aromatic N) is 6. The van der Waals surface area contributed by atoms with Gasteiger partial charge in [0.1, 0.15) is 0 Å². The summed E-state index contributed by atoms with van der Waals surface area (Å²) < 4.78 is 24.8. The Kier molecular flexibility index (Phi) is 6.48. The van der Waals surface area contributed by atoms with E-state index in [1.165, 1.54) is 18.3 Å². The molecule has 2 saturated heterocycles. The van der Waals surface area contributed by atoms with Gasteiger partial charge in [-0.05, 0) is 6.07 Å². The molecule has 3 heterocycles. The number of hydrazone groups is 1. The number of morpholine rings is 2. The van der Waals surface area contributed by atoms with Gasteiger partial charge in [0, 0.05) is 49.6 Å². The number of hydrogen-bond acceptors (Lipinski definition) is 10. The zero-order valence-electron chi connectivity index (χ0n) is 16.7. The van der Waals surface area contributed by atoms with Crippen LogP contribution in [0.1, 0.15) is 5.56 Å². The summed E-state index contributed by atoms with van der Waals surface area (Å²) >= 11 is 0. The molecule has 2 aromatic rings. The van der Waals surface area contributed by atoms with Gasteiger partial charge in [0.25, 0.3) is 5.69 Å². The fourth-order valence-corrected chi connectivity index (χ4v) is 3.42. The maximum Gasteiger partial charge on any atom is 0.270 e. The Balaban J connectivity index is 1.54. The van der Waals surface area contributed by atoms with Gasteiger partial charge in [-0.1, -0.05) is 0 Å². The van der Waals surface area contributed by atoms with Crippen LogP contribution in [0.5, 0.6) is 0 Å². The molecule has 0 atom stereocenters. The number of halogens is 1. The van der Waals surface area contributed by atoms with Gasteiger partial charge in [-0.15, -0.1) is 0 Å². The third kappa shape index (κ3) is 5.03. The van der Waals surface area contributed by atoms with Gasteiger partial charge in [0.15, 0.2) is 11.6 Å². The summed E-state index contributed by atoms with van der Waals surface area (Å²) in [5.41, 5.74) is 4.03. The van der Waals surface area contributed by atoms with Gasteiger partial charge in [-0.2, -0.15) is 10.1 Å². The van der Waals surface area contributed by atoms with E-state index in [1.54, 1.807) is 11.0 Å². The van der Waals surface area contributed by atoms with Crippen molar-refractivity contribution in [3.8, 4) is 0 Å². The largest absolute Gasteiger partial charge is 0.378 e. The van der Waals surface area contributed by atoms with Crippen LogP contribution in [0.25, 0.3) is 0 Å². The lowest BCUT2D eigenvalue weighted by Crippen LogP contribution is -2.37. The minimum absolute atomic E-state index is 0.0360. The molecule has 11 nitrogen and oxygen atoms in total. The first kappa shape index (κ1) is 20.9. The van der Waals surface area contributed by atoms with Crippen LogP contribution >= 0.6 is 0 Å².